The van der Waals surface area contributed by atoms with Gasteiger partial charge in [0.05, 0.1) is 0 Å². The van der Waals surface area contributed by atoms with Crippen molar-refractivity contribution in [2.24, 2.45) is 5.41 Å². The number of hydrogen-bond donors (Lipinski definition) is 0. The molecule has 0 aliphatic heterocycles. The van der Waals surface area contributed by atoms with Crippen molar-refractivity contribution in [3.8, 4) is 0 Å². The van der Waals surface area contributed by atoms with E-state index in [9.17, 15) is 0 Å². The normalized spacial score (nSPS) is 11.3. The van der Waals surface area contributed by atoms with E-state index in [4.69, 9.17) is 0 Å². The van der Waals surface area contributed by atoms with Crippen LogP contribution in [0.5, 0.6) is 0 Å². The molecule has 0 spiro atoms. The first-order valence-electron chi connectivity index (χ1n) is 3.21. The third kappa shape index (κ3) is 13.1. The topological polar surface area (TPSA) is 0 Å². The summed E-state index contributed by atoms with van der Waals surface area (Å²) in [4.78, 5) is 0. The predicted molar refractivity (Wildman–Crippen MR) is 38.7 cm³/mol. The van der Waals surface area contributed by atoms with Crippen LogP contribution in [-0.2, 0) is 0 Å². The molecule has 0 aliphatic carbocycles. The maximum Gasteiger partial charge on any atom is 1.00 e. The van der Waals surface area contributed by atoms with Crippen molar-refractivity contribution in [2.45, 2.75) is 41.0 Å². The van der Waals surface area contributed by atoms with Gasteiger partial charge in [0.1, 0.15) is 0 Å². The minimum atomic E-state index is 0. The van der Waals surface area contributed by atoms with Crippen LogP contribution < -0.4 is 68.9 Å². The molecule has 0 aliphatic rings. The average molecular weight is 246 g/mol. The molecule has 0 aromatic heterocycles. The molecule has 0 fully saturated rings. The van der Waals surface area contributed by atoms with Gasteiger partial charge in [0.15, 0.2) is 0 Å². The Kier molecular flexibility index (Phi) is 8.59. The zero-order valence-corrected chi connectivity index (χ0v) is 14.0. The van der Waals surface area contributed by atoms with Gasteiger partial charge in [0, 0.05) is 0 Å². The molecule has 0 atom stereocenters. The average Bonchev–Trinajstić information content (AvgIpc) is 1.21. The standard InChI is InChI=1S/C8H17.Cs/c1-7(2)6-8(3,4)5;/h6H2,1-5H3;/q-1;+1. The Hall–Kier alpha value is 2.05. The van der Waals surface area contributed by atoms with Gasteiger partial charge in [0.2, 0.25) is 0 Å². The van der Waals surface area contributed by atoms with E-state index >= 15 is 0 Å². The maximum atomic E-state index is 2.26. The van der Waals surface area contributed by atoms with Gasteiger partial charge in [-0.05, 0) is 0 Å². The molecule has 1 heteroatoms. The number of hydrogen-bond acceptors (Lipinski definition) is 0. The van der Waals surface area contributed by atoms with Crippen molar-refractivity contribution in [2.75, 3.05) is 0 Å². The second kappa shape index (κ2) is 5.67. The molecule has 0 unspecified atom stereocenters. The van der Waals surface area contributed by atoms with Crippen LogP contribution >= 0.6 is 0 Å². The van der Waals surface area contributed by atoms with Gasteiger partial charge in [-0.25, -0.2) is 0 Å². The van der Waals surface area contributed by atoms with E-state index < -0.39 is 0 Å². The van der Waals surface area contributed by atoms with Gasteiger partial charge in [-0.2, -0.15) is 20.3 Å². The maximum absolute atomic E-state index is 2.26. The van der Waals surface area contributed by atoms with Crippen molar-refractivity contribution in [1.82, 2.24) is 0 Å². The molecule has 0 heterocycles. The van der Waals surface area contributed by atoms with Crippen molar-refractivity contribution >= 4 is 0 Å². The van der Waals surface area contributed by atoms with Crippen LogP contribution in [0.1, 0.15) is 41.0 Å². The quantitative estimate of drug-likeness (QED) is 0.573. The van der Waals surface area contributed by atoms with E-state index in [0.29, 0.717) is 5.41 Å². The molecule has 0 saturated heterocycles. The molecule has 50 valence electrons. The van der Waals surface area contributed by atoms with Gasteiger partial charge >= 0.3 is 68.9 Å². The first-order chi connectivity index (χ1) is 3.42. The smallest absolute Gasteiger partial charge is 0.319 e. The summed E-state index contributed by atoms with van der Waals surface area (Å²) >= 11 is 0. The number of rotatable bonds is 1. The summed E-state index contributed by atoms with van der Waals surface area (Å²) in [6.07, 6.45) is 1.24. The Labute approximate surface area is 119 Å². The molecule has 0 rings (SSSR count). The van der Waals surface area contributed by atoms with Gasteiger partial charge < -0.3 is 5.92 Å². The SMILES string of the molecule is C[C-](C)CC(C)(C)C.[Cs+]. The molecule has 0 N–H and O–H groups in total. The molecular formula is C8H17Cs. The van der Waals surface area contributed by atoms with Crippen molar-refractivity contribution in [3.05, 3.63) is 5.92 Å². The van der Waals surface area contributed by atoms with Gasteiger partial charge in [-0.15, -0.1) is 0 Å². The summed E-state index contributed by atoms with van der Waals surface area (Å²) in [5, 5.41) is 0. The summed E-state index contributed by atoms with van der Waals surface area (Å²) in [5.41, 5.74) is 0.485. The van der Waals surface area contributed by atoms with E-state index in [2.05, 4.69) is 34.6 Å². The second-order valence-electron chi connectivity index (χ2n) is 3.94. The minimum Gasteiger partial charge on any atom is -0.319 e. The molecule has 0 saturated carbocycles. The summed E-state index contributed by atoms with van der Waals surface area (Å²) in [7, 11) is 0. The fourth-order valence-electron chi connectivity index (χ4n) is 1.06. The summed E-state index contributed by atoms with van der Waals surface area (Å²) in [6.45, 7) is 11.2. The Bertz CT molecular complexity index is 59.5. The van der Waals surface area contributed by atoms with Gasteiger partial charge in [0.25, 0.3) is 0 Å². The second-order valence-corrected chi connectivity index (χ2v) is 3.94. The van der Waals surface area contributed by atoms with Crippen LogP contribution in [-0.4, -0.2) is 0 Å². The Morgan fingerprint density at radius 1 is 1.11 bits per heavy atom. The van der Waals surface area contributed by atoms with Crippen molar-refractivity contribution in [1.29, 1.82) is 0 Å². The molecule has 0 radical (unpaired) electrons. The Balaban J connectivity index is 0. The van der Waals surface area contributed by atoms with E-state index in [1.807, 2.05) is 0 Å². The Morgan fingerprint density at radius 2 is 1.44 bits per heavy atom. The molecular weight excluding hydrogens is 229 g/mol. The van der Waals surface area contributed by atoms with Gasteiger partial charge in [-0.3, -0.25) is 0 Å². The largest absolute Gasteiger partial charge is 1.00 e. The van der Waals surface area contributed by atoms with Crippen LogP contribution in [0.15, 0.2) is 0 Å². The molecule has 0 aromatic rings. The van der Waals surface area contributed by atoms with Crippen LogP contribution in [0.4, 0.5) is 0 Å². The van der Waals surface area contributed by atoms with E-state index in [-0.39, 0.29) is 68.9 Å². The van der Waals surface area contributed by atoms with Crippen molar-refractivity contribution < 1.29 is 68.9 Å². The fraction of sp³-hybridized carbons (Fsp3) is 0.875. The first kappa shape index (κ1) is 13.6. The molecule has 0 aromatic carbocycles. The third-order valence-electron chi connectivity index (χ3n) is 0.884. The molecule has 0 amide bonds. The van der Waals surface area contributed by atoms with Crippen LogP contribution in [0.25, 0.3) is 0 Å². The Morgan fingerprint density at radius 3 is 1.44 bits per heavy atom. The predicted octanol–water partition coefficient (Wildman–Crippen LogP) is 0.0409. The van der Waals surface area contributed by atoms with E-state index in [0.717, 1.165) is 0 Å². The summed E-state index contributed by atoms with van der Waals surface area (Å²) in [6, 6.07) is 0. The third-order valence-corrected chi connectivity index (χ3v) is 0.884. The zero-order chi connectivity index (χ0) is 6.78. The molecule has 9 heavy (non-hydrogen) atoms. The molecule has 0 bridgehead atoms. The minimum absolute atomic E-state index is 0. The zero-order valence-electron chi connectivity index (χ0n) is 7.71. The van der Waals surface area contributed by atoms with Crippen LogP contribution in [0, 0.1) is 11.3 Å². The monoisotopic (exact) mass is 246 g/mol. The summed E-state index contributed by atoms with van der Waals surface area (Å²) in [5.74, 6) is 1.53. The molecule has 0 nitrogen and oxygen atoms in total. The van der Waals surface area contributed by atoms with Crippen LogP contribution in [0.2, 0.25) is 0 Å². The van der Waals surface area contributed by atoms with E-state index in [1.165, 1.54) is 12.3 Å². The van der Waals surface area contributed by atoms with Gasteiger partial charge in [-0.1, -0.05) is 26.2 Å². The first-order valence-corrected chi connectivity index (χ1v) is 3.21. The van der Waals surface area contributed by atoms with E-state index in [1.54, 1.807) is 0 Å². The van der Waals surface area contributed by atoms with Crippen molar-refractivity contribution in [3.63, 3.8) is 0 Å². The fourth-order valence-corrected chi connectivity index (χ4v) is 1.06. The summed E-state index contributed by atoms with van der Waals surface area (Å²) < 4.78 is 0. The van der Waals surface area contributed by atoms with Crippen LogP contribution in [0.3, 0.4) is 0 Å².